The first-order chi connectivity index (χ1) is 12.7. The van der Waals surface area contributed by atoms with Crippen LogP contribution in [-0.2, 0) is 9.59 Å². The molecular weight excluding hydrogens is 348 g/mol. The Labute approximate surface area is 157 Å². The molecule has 5 nitrogen and oxygen atoms in total. The Morgan fingerprint density at radius 2 is 1.96 bits per heavy atom. The zero-order valence-corrected chi connectivity index (χ0v) is 15.6. The van der Waals surface area contributed by atoms with E-state index in [2.05, 4.69) is 5.32 Å². The quantitative estimate of drug-likeness (QED) is 0.802. The zero-order chi connectivity index (χ0) is 18.4. The topological polar surface area (TPSA) is 58.6 Å². The Morgan fingerprint density at radius 1 is 1.19 bits per heavy atom. The number of fused-ring (bicyclic) bond motifs is 1. The maximum absolute atomic E-state index is 12.4. The summed E-state index contributed by atoms with van der Waals surface area (Å²) in [7, 11) is 0. The maximum Gasteiger partial charge on any atom is 0.237 e. The Kier molecular flexibility index (Phi) is 6.17. The number of hydrogen-bond acceptors (Lipinski definition) is 4. The molecule has 1 aliphatic heterocycles. The van der Waals surface area contributed by atoms with Gasteiger partial charge in [-0.25, -0.2) is 0 Å². The first-order valence-electron chi connectivity index (χ1n) is 8.73. The van der Waals surface area contributed by atoms with Crippen LogP contribution in [0.3, 0.4) is 0 Å². The molecule has 3 rings (SSSR count). The number of carbonyl (C=O) groups excluding carboxylic acids is 2. The van der Waals surface area contributed by atoms with Gasteiger partial charge in [-0.3, -0.25) is 9.59 Å². The minimum atomic E-state index is -0.138. The van der Waals surface area contributed by atoms with E-state index in [1.807, 2.05) is 55.5 Å². The summed E-state index contributed by atoms with van der Waals surface area (Å²) < 4.78 is 5.66. The summed E-state index contributed by atoms with van der Waals surface area (Å²) in [6, 6.07) is 15.2. The van der Waals surface area contributed by atoms with E-state index < -0.39 is 0 Å². The lowest BCUT2D eigenvalue weighted by Gasteiger charge is -2.28. The zero-order valence-electron chi connectivity index (χ0n) is 14.7. The highest BCUT2D eigenvalue weighted by Crippen LogP contribution is 2.35. The second kappa shape index (κ2) is 8.76. The van der Waals surface area contributed by atoms with Crippen molar-refractivity contribution < 1.29 is 14.3 Å². The first-order valence-corrected chi connectivity index (χ1v) is 9.71. The van der Waals surface area contributed by atoms with Gasteiger partial charge in [0.05, 0.1) is 23.7 Å². The highest BCUT2D eigenvalue weighted by molar-refractivity contribution is 8.00. The van der Waals surface area contributed by atoms with Crippen molar-refractivity contribution in [2.75, 3.05) is 29.1 Å². The Bertz CT molecular complexity index is 794. The van der Waals surface area contributed by atoms with Gasteiger partial charge in [0.15, 0.2) is 0 Å². The molecule has 2 aromatic rings. The van der Waals surface area contributed by atoms with Crippen molar-refractivity contribution >= 4 is 35.0 Å². The molecule has 0 saturated carbocycles. The molecule has 0 saturated heterocycles. The fraction of sp³-hybridized carbons (Fsp3) is 0.300. The van der Waals surface area contributed by atoms with Crippen molar-refractivity contribution in [3.05, 3.63) is 48.5 Å². The molecule has 0 aromatic heterocycles. The number of amides is 2. The second-order valence-electron chi connectivity index (χ2n) is 5.94. The third kappa shape index (κ3) is 4.38. The first kappa shape index (κ1) is 18.3. The van der Waals surface area contributed by atoms with Gasteiger partial charge < -0.3 is 15.0 Å². The van der Waals surface area contributed by atoms with Crippen LogP contribution in [0.4, 0.5) is 11.4 Å². The van der Waals surface area contributed by atoms with Crippen LogP contribution in [0.25, 0.3) is 0 Å². The van der Waals surface area contributed by atoms with Crippen LogP contribution >= 0.6 is 11.8 Å². The van der Waals surface area contributed by atoms with E-state index in [4.69, 9.17) is 4.74 Å². The third-order valence-corrected chi connectivity index (χ3v) is 5.04. The van der Waals surface area contributed by atoms with Gasteiger partial charge >= 0.3 is 0 Å². The van der Waals surface area contributed by atoms with Crippen LogP contribution in [0, 0.1) is 0 Å². The Balaban J connectivity index is 1.62. The largest absolute Gasteiger partial charge is 0.491 e. The van der Waals surface area contributed by atoms with Crippen molar-refractivity contribution in [2.24, 2.45) is 0 Å². The molecule has 2 aromatic carbocycles. The van der Waals surface area contributed by atoms with E-state index in [9.17, 15) is 9.59 Å². The van der Waals surface area contributed by atoms with E-state index in [0.717, 1.165) is 17.0 Å². The lowest BCUT2D eigenvalue weighted by molar-refractivity contribution is -0.117. The molecule has 26 heavy (non-hydrogen) atoms. The number of ether oxygens (including phenoxy) is 1. The fourth-order valence-electron chi connectivity index (χ4n) is 2.73. The van der Waals surface area contributed by atoms with E-state index >= 15 is 0 Å². The van der Waals surface area contributed by atoms with Crippen molar-refractivity contribution in [1.82, 2.24) is 0 Å². The summed E-state index contributed by atoms with van der Waals surface area (Å²) in [6.45, 7) is 3.00. The highest BCUT2D eigenvalue weighted by Gasteiger charge is 2.24. The normalized spacial score (nSPS) is 13.3. The molecule has 1 N–H and O–H groups in total. The molecule has 0 fully saturated rings. The molecule has 0 atom stereocenters. The summed E-state index contributed by atoms with van der Waals surface area (Å²) in [5.41, 5.74) is 1.54. The van der Waals surface area contributed by atoms with Gasteiger partial charge in [-0.15, -0.1) is 11.8 Å². The summed E-state index contributed by atoms with van der Waals surface area (Å²) in [6.07, 6.45) is 1.13. The number of rotatable bonds is 7. The van der Waals surface area contributed by atoms with Crippen LogP contribution in [0.1, 0.15) is 19.8 Å². The number of nitrogens with one attached hydrogen (secondary N) is 1. The molecule has 1 aliphatic rings. The van der Waals surface area contributed by atoms with Gasteiger partial charge in [0.25, 0.3) is 0 Å². The van der Waals surface area contributed by atoms with Gasteiger partial charge in [0.2, 0.25) is 11.8 Å². The smallest absolute Gasteiger partial charge is 0.237 e. The van der Waals surface area contributed by atoms with Gasteiger partial charge in [0, 0.05) is 17.9 Å². The van der Waals surface area contributed by atoms with Gasteiger partial charge in [0.1, 0.15) is 5.75 Å². The van der Waals surface area contributed by atoms with E-state index in [1.54, 1.807) is 4.90 Å². The summed E-state index contributed by atoms with van der Waals surface area (Å²) >= 11 is 1.54. The number of anilines is 2. The van der Waals surface area contributed by atoms with Crippen molar-refractivity contribution in [2.45, 2.75) is 24.7 Å². The average molecular weight is 370 g/mol. The highest BCUT2D eigenvalue weighted by atomic mass is 32.2. The summed E-state index contributed by atoms with van der Waals surface area (Å²) in [5, 5.41) is 2.89. The van der Waals surface area contributed by atoms with Crippen LogP contribution < -0.4 is 15.0 Å². The summed E-state index contributed by atoms with van der Waals surface area (Å²) in [5.74, 6) is 0.972. The summed E-state index contributed by atoms with van der Waals surface area (Å²) in [4.78, 5) is 27.4. The van der Waals surface area contributed by atoms with Crippen molar-refractivity contribution in [3.8, 4) is 5.75 Å². The number of benzene rings is 2. The predicted molar refractivity (Wildman–Crippen MR) is 105 cm³/mol. The molecule has 136 valence electrons. The number of carbonyl (C=O) groups is 2. The molecule has 0 bridgehead atoms. The minimum Gasteiger partial charge on any atom is -0.491 e. The maximum atomic E-state index is 12.4. The number of thioether (sulfide) groups is 1. The Morgan fingerprint density at radius 3 is 2.81 bits per heavy atom. The standard InChI is InChI=1S/C20H22N2O3S/c1-2-13-25-17-9-5-3-7-15(17)21-19(23)11-12-22-16-8-4-6-10-18(16)26-14-20(22)24/h3-10H,2,11-14H2,1H3,(H,21,23). The van der Waals surface area contributed by atoms with Crippen molar-refractivity contribution in [3.63, 3.8) is 0 Å². The predicted octanol–water partition coefficient (Wildman–Crippen LogP) is 3.94. The lowest BCUT2D eigenvalue weighted by Crippen LogP contribution is -2.37. The van der Waals surface area contributed by atoms with Gasteiger partial charge in [-0.1, -0.05) is 31.2 Å². The van der Waals surface area contributed by atoms with E-state index in [-0.39, 0.29) is 18.2 Å². The Hall–Kier alpha value is -2.47. The molecule has 0 aliphatic carbocycles. The SMILES string of the molecule is CCCOc1ccccc1NC(=O)CCN1C(=O)CSc2ccccc21. The van der Waals surface area contributed by atoms with Crippen LogP contribution in [0.15, 0.2) is 53.4 Å². The third-order valence-electron chi connectivity index (χ3n) is 3.99. The van der Waals surface area contributed by atoms with Crippen LogP contribution in [-0.4, -0.2) is 30.7 Å². The van der Waals surface area contributed by atoms with Gasteiger partial charge in [-0.05, 0) is 30.7 Å². The second-order valence-corrected chi connectivity index (χ2v) is 6.96. The van der Waals surface area contributed by atoms with Crippen LogP contribution in [0.5, 0.6) is 5.75 Å². The fourth-order valence-corrected chi connectivity index (χ4v) is 3.67. The van der Waals surface area contributed by atoms with Crippen LogP contribution in [0.2, 0.25) is 0 Å². The average Bonchev–Trinajstić information content (AvgIpc) is 2.66. The molecular formula is C20H22N2O3S. The van der Waals surface area contributed by atoms with Gasteiger partial charge in [-0.2, -0.15) is 0 Å². The molecule has 0 spiro atoms. The molecule has 0 radical (unpaired) electrons. The monoisotopic (exact) mass is 370 g/mol. The number of nitrogens with zero attached hydrogens (tertiary/aromatic N) is 1. The number of para-hydroxylation sites is 3. The molecule has 0 unspecified atom stereocenters. The van der Waals surface area contributed by atoms with E-state index in [0.29, 0.717) is 30.3 Å². The molecule has 6 heteroatoms. The molecule has 1 heterocycles. The molecule has 2 amide bonds. The lowest BCUT2D eigenvalue weighted by atomic mass is 10.2. The van der Waals surface area contributed by atoms with E-state index in [1.165, 1.54) is 11.8 Å². The minimum absolute atomic E-state index is 0.0354. The number of hydrogen-bond donors (Lipinski definition) is 1. The van der Waals surface area contributed by atoms with Crippen molar-refractivity contribution in [1.29, 1.82) is 0 Å².